The Balaban J connectivity index is 1.39. The van der Waals surface area contributed by atoms with Crippen LogP contribution < -0.4 is 5.69 Å². The first-order valence-corrected chi connectivity index (χ1v) is 11.3. The van der Waals surface area contributed by atoms with Crippen LogP contribution in [0.4, 0.5) is 4.39 Å². The summed E-state index contributed by atoms with van der Waals surface area (Å²) < 4.78 is 16.5. The summed E-state index contributed by atoms with van der Waals surface area (Å²) >= 11 is 6.03. The number of hydrogen-bond acceptors (Lipinski definition) is 3. The minimum atomic E-state index is -0.501. The van der Waals surface area contributed by atoms with Crippen LogP contribution in [0.3, 0.4) is 0 Å². The van der Waals surface area contributed by atoms with E-state index in [0.717, 1.165) is 36.9 Å². The molecule has 2 aliphatic rings. The molecule has 32 heavy (non-hydrogen) atoms. The van der Waals surface area contributed by atoms with E-state index < -0.39 is 11.5 Å². The van der Waals surface area contributed by atoms with Crippen molar-refractivity contribution < 1.29 is 9.18 Å². The van der Waals surface area contributed by atoms with Gasteiger partial charge in [-0.15, -0.1) is 0 Å². The number of hydrogen-bond donors (Lipinski definition) is 1. The second-order valence-corrected chi connectivity index (χ2v) is 9.26. The van der Waals surface area contributed by atoms with Gasteiger partial charge in [0.1, 0.15) is 11.6 Å². The van der Waals surface area contributed by atoms with Gasteiger partial charge >= 0.3 is 5.69 Å². The monoisotopic (exact) mass is 454 g/mol. The number of nitrogens with zero attached hydrogens (tertiary/aromatic N) is 3. The zero-order chi connectivity index (χ0) is 22.4. The first kappa shape index (κ1) is 20.9. The molecule has 0 spiro atoms. The average molecular weight is 455 g/mol. The second kappa shape index (κ2) is 8.20. The van der Waals surface area contributed by atoms with Gasteiger partial charge in [-0.1, -0.05) is 23.7 Å². The highest BCUT2D eigenvalue weighted by Crippen LogP contribution is 2.33. The van der Waals surface area contributed by atoms with Crippen molar-refractivity contribution in [3.63, 3.8) is 0 Å². The maximum atomic E-state index is 15.2. The Labute approximate surface area is 190 Å². The predicted molar refractivity (Wildman–Crippen MR) is 120 cm³/mol. The van der Waals surface area contributed by atoms with Crippen molar-refractivity contribution >= 4 is 17.5 Å². The molecule has 1 aliphatic carbocycles. The van der Waals surface area contributed by atoms with Crippen molar-refractivity contribution in [2.45, 2.75) is 32.6 Å². The van der Waals surface area contributed by atoms with Gasteiger partial charge in [0.25, 0.3) is 0 Å². The molecule has 166 valence electrons. The lowest BCUT2D eigenvalue weighted by Gasteiger charge is -2.16. The first-order valence-electron chi connectivity index (χ1n) is 10.9. The molecule has 2 aromatic carbocycles. The Bertz CT molecular complexity index is 1250. The van der Waals surface area contributed by atoms with Gasteiger partial charge < -0.3 is 4.90 Å². The van der Waals surface area contributed by atoms with E-state index in [1.807, 2.05) is 24.0 Å². The van der Waals surface area contributed by atoms with E-state index in [2.05, 4.69) is 10.2 Å². The van der Waals surface area contributed by atoms with Crippen molar-refractivity contribution in [3.8, 4) is 16.8 Å². The lowest BCUT2D eigenvalue weighted by molar-refractivity contribution is -0.131. The fourth-order valence-electron chi connectivity index (χ4n) is 4.57. The molecule has 5 rings (SSSR count). The third kappa shape index (κ3) is 3.97. The van der Waals surface area contributed by atoms with Crippen molar-refractivity contribution in [2.24, 2.45) is 11.8 Å². The van der Waals surface area contributed by atoms with Crippen LogP contribution in [0.5, 0.6) is 0 Å². The van der Waals surface area contributed by atoms with Gasteiger partial charge in [0, 0.05) is 30.5 Å². The van der Waals surface area contributed by atoms with Gasteiger partial charge in [-0.05, 0) is 73.1 Å². The minimum Gasteiger partial charge on any atom is -0.342 e. The highest BCUT2D eigenvalue weighted by molar-refractivity contribution is 6.30. The molecule has 1 atom stereocenters. The largest absolute Gasteiger partial charge is 0.348 e. The molecule has 1 saturated carbocycles. The molecular formula is C24H24ClFN4O2. The average Bonchev–Trinajstić information content (AvgIpc) is 3.41. The van der Waals surface area contributed by atoms with Gasteiger partial charge in [0.05, 0.1) is 5.69 Å². The number of benzene rings is 2. The quantitative estimate of drug-likeness (QED) is 0.630. The Kier molecular flexibility index (Phi) is 5.37. The van der Waals surface area contributed by atoms with E-state index in [1.165, 1.54) is 10.6 Å². The summed E-state index contributed by atoms with van der Waals surface area (Å²) in [5.74, 6) is 0.625. The standard InChI is InChI=1S/C24H24ClFN4O2/c1-14-10-18(25)5-6-19(14)17-4-7-21(20(26)12-17)30-22(27-28-24(30)32)11-15-8-9-29(13-15)23(31)16-2-3-16/h4-7,10,12,15-16H,2-3,8-9,11,13H2,1H3,(H,28,32). The normalized spacial score (nSPS) is 18.3. The Morgan fingerprint density at radius 1 is 1.22 bits per heavy atom. The number of rotatable bonds is 5. The fraction of sp³-hybridized carbons (Fsp3) is 0.375. The zero-order valence-corrected chi connectivity index (χ0v) is 18.5. The highest BCUT2D eigenvalue weighted by Gasteiger charge is 2.37. The molecule has 1 unspecified atom stereocenters. The maximum absolute atomic E-state index is 15.2. The molecule has 8 heteroatoms. The van der Waals surface area contributed by atoms with E-state index in [1.54, 1.807) is 18.2 Å². The van der Waals surface area contributed by atoms with Crippen LogP contribution >= 0.6 is 11.6 Å². The van der Waals surface area contributed by atoms with Crippen LogP contribution in [0, 0.1) is 24.6 Å². The summed E-state index contributed by atoms with van der Waals surface area (Å²) in [6.07, 6.45) is 3.34. The number of amides is 1. The van der Waals surface area contributed by atoms with Gasteiger partial charge in [-0.3, -0.25) is 4.79 Å². The number of aromatic nitrogens is 3. The van der Waals surface area contributed by atoms with Crippen molar-refractivity contribution in [3.05, 3.63) is 69.1 Å². The lowest BCUT2D eigenvalue weighted by atomic mass is 10.00. The molecule has 1 amide bonds. The number of aryl methyl sites for hydroxylation is 1. The van der Waals surface area contributed by atoms with Crippen LogP contribution in [-0.2, 0) is 11.2 Å². The van der Waals surface area contributed by atoms with E-state index in [0.29, 0.717) is 29.4 Å². The van der Waals surface area contributed by atoms with Crippen LogP contribution in [-0.4, -0.2) is 38.7 Å². The molecule has 1 aromatic heterocycles. The number of nitrogens with one attached hydrogen (secondary N) is 1. The molecule has 3 aromatic rings. The fourth-order valence-corrected chi connectivity index (χ4v) is 4.79. The minimum absolute atomic E-state index is 0.165. The van der Waals surface area contributed by atoms with Crippen molar-refractivity contribution in [1.29, 1.82) is 0 Å². The molecule has 1 aliphatic heterocycles. The summed E-state index contributed by atoms with van der Waals surface area (Å²) in [6.45, 7) is 3.32. The molecule has 6 nitrogen and oxygen atoms in total. The summed E-state index contributed by atoms with van der Waals surface area (Å²) in [5.41, 5.74) is 2.23. The molecule has 0 radical (unpaired) electrons. The van der Waals surface area contributed by atoms with Crippen LogP contribution in [0.15, 0.2) is 41.2 Å². The van der Waals surface area contributed by atoms with Gasteiger partial charge in [0.15, 0.2) is 0 Å². The third-order valence-corrected chi connectivity index (χ3v) is 6.66. The molecule has 1 N–H and O–H groups in total. The number of aromatic amines is 1. The van der Waals surface area contributed by atoms with Gasteiger partial charge in [-0.25, -0.2) is 18.9 Å². The van der Waals surface area contributed by atoms with Crippen molar-refractivity contribution in [2.75, 3.05) is 13.1 Å². The number of carbonyl (C=O) groups is 1. The molecule has 0 bridgehead atoms. The Morgan fingerprint density at radius 3 is 2.75 bits per heavy atom. The molecule has 2 heterocycles. The lowest BCUT2D eigenvalue weighted by Crippen LogP contribution is -2.30. The van der Waals surface area contributed by atoms with Crippen LogP contribution in [0.1, 0.15) is 30.7 Å². The summed E-state index contributed by atoms with van der Waals surface area (Å²) in [7, 11) is 0. The molecular weight excluding hydrogens is 431 g/mol. The summed E-state index contributed by atoms with van der Waals surface area (Å²) in [6, 6.07) is 10.3. The topological polar surface area (TPSA) is 71.0 Å². The summed E-state index contributed by atoms with van der Waals surface area (Å²) in [5, 5.41) is 7.24. The Morgan fingerprint density at radius 2 is 2.03 bits per heavy atom. The molecule has 2 fully saturated rings. The van der Waals surface area contributed by atoms with E-state index in [4.69, 9.17) is 11.6 Å². The molecule has 1 saturated heterocycles. The van der Waals surface area contributed by atoms with Gasteiger partial charge in [0.2, 0.25) is 5.91 Å². The summed E-state index contributed by atoms with van der Waals surface area (Å²) in [4.78, 5) is 26.7. The number of halogens is 2. The number of H-pyrrole nitrogens is 1. The van der Waals surface area contributed by atoms with E-state index in [-0.39, 0.29) is 23.4 Å². The van der Waals surface area contributed by atoms with Crippen LogP contribution in [0.25, 0.3) is 16.8 Å². The maximum Gasteiger partial charge on any atom is 0.348 e. The SMILES string of the molecule is Cc1cc(Cl)ccc1-c1ccc(-n2c(CC3CCN(C(=O)C4CC4)C3)n[nH]c2=O)c(F)c1. The predicted octanol–water partition coefficient (Wildman–Crippen LogP) is 4.13. The number of likely N-dealkylation sites (tertiary alicyclic amines) is 1. The third-order valence-electron chi connectivity index (χ3n) is 6.43. The second-order valence-electron chi connectivity index (χ2n) is 8.82. The number of carbonyl (C=O) groups excluding carboxylic acids is 1. The smallest absolute Gasteiger partial charge is 0.342 e. The Hall–Kier alpha value is -2.93. The van der Waals surface area contributed by atoms with Crippen LogP contribution in [0.2, 0.25) is 5.02 Å². The van der Waals surface area contributed by atoms with E-state index >= 15 is 4.39 Å². The first-order chi connectivity index (χ1) is 15.4. The zero-order valence-electron chi connectivity index (χ0n) is 17.8. The van der Waals surface area contributed by atoms with Gasteiger partial charge in [-0.2, -0.15) is 5.10 Å². The van der Waals surface area contributed by atoms with E-state index in [9.17, 15) is 9.59 Å². The highest BCUT2D eigenvalue weighted by atomic mass is 35.5. The van der Waals surface area contributed by atoms with Crippen molar-refractivity contribution in [1.82, 2.24) is 19.7 Å².